The third kappa shape index (κ3) is 6.54. The molecular weight excluding hydrogens is 456 g/mol. The topological polar surface area (TPSA) is 99.9 Å². The quantitative estimate of drug-likeness (QED) is 0.321. The van der Waals surface area contributed by atoms with Gasteiger partial charge in [0.1, 0.15) is 5.76 Å². The van der Waals surface area contributed by atoms with Gasteiger partial charge in [-0.05, 0) is 50.1 Å². The van der Waals surface area contributed by atoms with Crippen molar-refractivity contribution < 1.29 is 28.3 Å². The molecule has 1 heterocycles. The fraction of sp³-hybridized carbons (Fsp3) is 0.320. The van der Waals surface area contributed by atoms with Crippen molar-refractivity contribution in [3.05, 3.63) is 70.6 Å². The van der Waals surface area contributed by atoms with Gasteiger partial charge < -0.3 is 24.1 Å². The van der Waals surface area contributed by atoms with E-state index < -0.39 is 5.97 Å². The van der Waals surface area contributed by atoms with Gasteiger partial charge in [0.25, 0.3) is 5.91 Å². The normalized spacial score (nSPS) is 10.6. The van der Waals surface area contributed by atoms with E-state index in [1.807, 2.05) is 44.2 Å². The third-order valence-corrected chi connectivity index (χ3v) is 6.28. The molecule has 0 aliphatic heterocycles. The van der Waals surface area contributed by atoms with Crippen LogP contribution in [0.2, 0.25) is 0 Å². The maximum Gasteiger partial charge on any atom is 0.339 e. The Morgan fingerprint density at radius 1 is 1.06 bits per heavy atom. The lowest BCUT2D eigenvalue weighted by atomic mass is 10.1. The Labute approximate surface area is 202 Å². The number of nitrogens with zero attached hydrogens (tertiary/aromatic N) is 1. The summed E-state index contributed by atoms with van der Waals surface area (Å²) < 4.78 is 21.0. The lowest BCUT2D eigenvalue weighted by Gasteiger charge is -2.11. The minimum absolute atomic E-state index is 0.354. The number of benzene rings is 2. The number of hydrogen-bond acceptors (Lipinski definition) is 8. The molecule has 34 heavy (non-hydrogen) atoms. The number of carbonyl (C=O) groups is 2. The second kappa shape index (κ2) is 12.1. The van der Waals surface area contributed by atoms with Crippen LogP contribution in [0, 0.1) is 13.8 Å². The Morgan fingerprint density at radius 2 is 1.82 bits per heavy atom. The Kier molecular flexibility index (Phi) is 8.98. The van der Waals surface area contributed by atoms with Crippen molar-refractivity contribution >= 4 is 23.6 Å². The maximum atomic E-state index is 12.6. The largest absolute Gasteiger partial charge is 0.493 e. The van der Waals surface area contributed by atoms with Gasteiger partial charge in [0.05, 0.1) is 25.5 Å². The standard InChI is InChI=1S/C25H28N2O6S/c1-16-20(17(2)33-27-16)15-34-23-8-6-5-7-19(23)25(29)32-14-24(28)26-12-11-18-9-10-21(30-3)22(13-18)31-4/h5-10,13H,11-12,14-15H2,1-4H3,(H,26,28). The van der Waals surface area contributed by atoms with Crippen molar-refractivity contribution in [3.8, 4) is 11.5 Å². The molecule has 2 aromatic carbocycles. The van der Waals surface area contributed by atoms with Gasteiger partial charge in [0.15, 0.2) is 18.1 Å². The van der Waals surface area contributed by atoms with Crippen LogP contribution in [0.5, 0.6) is 11.5 Å². The van der Waals surface area contributed by atoms with Gasteiger partial charge in [-0.25, -0.2) is 4.79 Å². The first-order chi connectivity index (χ1) is 16.4. The number of esters is 1. The number of carbonyl (C=O) groups excluding carboxylic acids is 2. The summed E-state index contributed by atoms with van der Waals surface area (Å²) in [7, 11) is 3.15. The lowest BCUT2D eigenvalue weighted by Crippen LogP contribution is -2.30. The number of methoxy groups -OCH3 is 2. The Morgan fingerprint density at radius 3 is 2.53 bits per heavy atom. The average molecular weight is 485 g/mol. The SMILES string of the molecule is COc1ccc(CCNC(=O)COC(=O)c2ccccc2SCc2c(C)noc2C)cc1OC. The summed E-state index contributed by atoms with van der Waals surface area (Å²) in [6, 6.07) is 12.7. The van der Waals surface area contributed by atoms with Crippen molar-refractivity contribution in [2.75, 3.05) is 27.4 Å². The molecule has 0 saturated heterocycles. The van der Waals surface area contributed by atoms with Gasteiger partial charge in [0, 0.05) is 22.8 Å². The molecule has 0 saturated carbocycles. The zero-order valence-corrected chi connectivity index (χ0v) is 20.5. The molecule has 9 heteroatoms. The summed E-state index contributed by atoms with van der Waals surface area (Å²) in [6.45, 7) is 3.79. The van der Waals surface area contributed by atoms with Crippen molar-refractivity contribution in [2.45, 2.75) is 30.9 Å². The van der Waals surface area contributed by atoms with E-state index in [2.05, 4.69) is 10.5 Å². The zero-order chi connectivity index (χ0) is 24.5. The van der Waals surface area contributed by atoms with E-state index in [1.54, 1.807) is 26.4 Å². The van der Waals surface area contributed by atoms with Crippen molar-refractivity contribution in [2.24, 2.45) is 0 Å². The number of nitrogens with one attached hydrogen (secondary N) is 1. The van der Waals surface area contributed by atoms with Gasteiger partial charge in [-0.15, -0.1) is 11.8 Å². The maximum absolute atomic E-state index is 12.6. The first-order valence-electron chi connectivity index (χ1n) is 10.7. The highest BCUT2D eigenvalue weighted by Gasteiger charge is 2.16. The minimum Gasteiger partial charge on any atom is -0.493 e. The first kappa shape index (κ1) is 25.2. The number of thioether (sulfide) groups is 1. The van der Waals surface area contributed by atoms with Gasteiger partial charge in [-0.1, -0.05) is 23.4 Å². The van der Waals surface area contributed by atoms with Gasteiger partial charge >= 0.3 is 5.97 Å². The predicted octanol–water partition coefficient (Wildman–Crippen LogP) is 4.12. The fourth-order valence-electron chi connectivity index (χ4n) is 3.26. The van der Waals surface area contributed by atoms with Gasteiger partial charge in [0.2, 0.25) is 0 Å². The molecule has 0 unspecified atom stereocenters. The van der Waals surface area contributed by atoms with Crippen LogP contribution in [0.25, 0.3) is 0 Å². The molecule has 0 spiro atoms. The number of hydrogen-bond donors (Lipinski definition) is 1. The second-order valence-electron chi connectivity index (χ2n) is 7.45. The lowest BCUT2D eigenvalue weighted by molar-refractivity contribution is -0.124. The van der Waals surface area contributed by atoms with Crippen LogP contribution in [-0.2, 0) is 21.7 Å². The molecule has 3 aromatic rings. The summed E-state index contributed by atoms with van der Waals surface area (Å²) in [5.74, 6) is 1.74. The smallest absolute Gasteiger partial charge is 0.339 e. The van der Waals surface area contributed by atoms with E-state index in [0.29, 0.717) is 35.8 Å². The van der Waals surface area contributed by atoms with Gasteiger partial charge in [-0.3, -0.25) is 4.79 Å². The molecule has 3 rings (SSSR count). The van der Waals surface area contributed by atoms with Crippen LogP contribution in [-0.4, -0.2) is 44.4 Å². The Bertz CT molecular complexity index is 1120. The van der Waals surface area contributed by atoms with E-state index in [9.17, 15) is 9.59 Å². The Hall–Kier alpha value is -3.46. The zero-order valence-electron chi connectivity index (χ0n) is 19.7. The summed E-state index contributed by atoms with van der Waals surface area (Å²) in [4.78, 5) is 25.6. The molecular formula is C25H28N2O6S. The molecule has 0 atom stereocenters. The predicted molar refractivity (Wildman–Crippen MR) is 129 cm³/mol. The minimum atomic E-state index is -0.545. The Balaban J connectivity index is 1.48. The van der Waals surface area contributed by atoms with E-state index in [4.69, 9.17) is 18.7 Å². The average Bonchev–Trinajstić information content (AvgIpc) is 3.18. The van der Waals surface area contributed by atoms with Gasteiger partial charge in [-0.2, -0.15) is 0 Å². The van der Waals surface area contributed by atoms with Crippen molar-refractivity contribution in [3.63, 3.8) is 0 Å². The van der Waals surface area contributed by atoms with Crippen molar-refractivity contribution in [1.29, 1.82) is 0 Å². The molecule has 8 nitrogen and oxygen atoms in total. The number of aromatic nitrogens is 1. The molecule has 0 aliphatic rings. The molecule has 1 amide bonds. The summed E-state index contributed by atoms with van der Waals surface area (Å²) >= 11 is 1.49. The summed E-state index contributed by atoms with van der Waals surface area (Å²) in [5.41, 5.74) is 3.23. The van der Waals surface area contributed by atoms with E-state index in [0.717, 1.165) is 27.5 Å². The van der Waals surface area contributed by atoms with Crippen LogP contribution in [0.3, 0.4) is 0 Å². The fourth-order valence-corrected chi connectivity index (χ4v) is 4.45. The monoisotopic (exact) mass is 484 g/mol. The van der Waals surface area contributed by atoms with Crippen LogP contribution in [0.4, 0.5) is 0 Å². The number of amides is 1. The highest BCUT2D eigenvalue weighted by atomic mass is 32.2. The van der Waals surface area contributed by atoms with Crippen LogP contribution in [0.15, 0.2) is 51.9 Å². The number of rotatable bonds is 11. The van der Waals surface area contributed by atoms with E-state index in [1.165, 1.54) is 11.8 Å². The summed E-state index contributed by atoms with van der Waals surface area (Å²) in [6.07, 6.45) is 0.598. The van der Waals surface area contributed by atoms with E-state index in [-0.39, 0.29) is 12.5 Å². The second-order valence-corrected chi connectivity index (χ2v) is 8.47. The van der Waals surface area contributed by atoms with Crippen molar-refractivity contribution in [1.82, 2.24) is 10.5 Å². The van der Waals surface area contributed by atoms with Crippen LogP contribution in [0.1, 0.15) is 32.9 Å². The highest BCUT2D eigenvalue weighted by Crippen LogP contribution is 2.29. The number of aryl methyl sites for hydroxylation is 2. The third-order valence-electron chi connectivity index (χ3n) is 5.18. The molecule has 0 aliphatic carbocycles. The molecule has 180 valence electrons. The first-order valence-corrected chi connectivity index (χ1v) is 11.7. The molecule has 0 radical (unpaired) electrons. The molecule has 1 aromatic heterocycles. The molecule has 0 fully saturated rings. The van der Waals surface area contributed by atoms with E-state index >= 15 is 0 Å². The summed E-state index contributed by atoms with van der Waals surface area (Å²) in [5, 5.41) is 6.72. The molecule has 1 N–H and O–H groups in total. The molecule has 0 bridgehead atoms. The van der Waals surface area contributed by atoms with Crippen LogP contribution < -0.4 is 14.8 Å². The van der Waals surface area contributed by atoms with Crippen LogP contribution >= 0.6 is 11.8 Å². The highest BCUT2D eigenvalue weighted by molar-refractivity contribution is 7.98. The number of ether oxygens (including phenoxy) is 3.